The zero-order chi connectivity index (χ0) is 17.0. The van der Waals surface area contributed by atoms with E-state index in [-0.39, 0.29) is 21.5 Å². The van der Waals surface area contributed by atoms with Gasteiger partial charge in [0.25, 0.3) is 5.91 Å². The van der Waals surface area contributed by atoms with E-state index in [2.05, 4.69) is 15.6 Å². The molecule has 4 nitrogen and oxygen atoms in total. The van der Waals surface area contributed by atoms with Gasteiger partial charge in [0.05, 0.1) is 11.1 Å². The summed E-state index contributed by atoms with van der Waals surface area (Å²) in [5.74, 6) is -0.557. The van der Waals surface area contributed by atoms with Crippen molar-refractivity contribution in [2.75, 3.05) is 5.32 Å². The molecule has 0 unspecified atom stereocenters. The molecular weight excluding hydrogens is 351 g/mol. The Balaban J connectivity index is 2.02. The van der Waals surface area contributed by atoms with Gasteiger partial charge in [-0.05, 0) is 42.5 Å². The number of benzene rings is 1. The Morgan fingerprint density at radius 1 is 1.22 bits per heavy atom. The number of carbonyl (C=O) groups is 1. The zero-order valence-electron chi connectivity index (χ0n) is 11.3. The molecule has 2 rings (SSSR count). The van der Waals surface area contributed by atoms with Crippen LogP contribution in [0.5, 0.6) is 0 Å². The standard InChI is InChI=1S/C14H9ClF3N3OS/c15-11-5-4-8(7-19-11)12(22)21-13(23)20-10-3-1-2-9(6-10)14(16,17)18/h1-7H,(H2,20,21,22,23). The Morgan fingerprint density at radius 3 is 2.57 bits per heavy atom. The van der Waals surface area contributed by atoms with Crippen LogP contribution >= 0.6 is 23.8 Å². The van der Waals surface area contributed by atoms with Gasteiger partial charge in [0.1, 0.15) is 5.15 Å². The molecule has 0 spiro atoms. The molecule has 0 fully saturated rings. The number of halogens is 4. The lowest BCUT2D eigenvalue weighted by Crippen LogP contribution is -2.34. The highest BCUT2D eigenvalue weighted by atomic mass is 35.5. The molecule has 0 saturated heterocycles. The minimum atomic E-state index is -4.46. The Morgan fingerprint density at radius 2 is 1.96 bits per heavy atom. The summed E-state index contributed by atoms with van der Waals surface area (Å²) in [7, 11) is 0. The Bertz CT molecular complexity index is 735. The lowest BCUT2D eigenvalue weighted by molar-refractivity contribution is -0.137. The maximum Gasteiger partial charge on any atom is 0.416 e. The third-order valence-corrected chi connectivity index (χ3v) is 3.09. The first-order valence-electron chi connectivity index (χ1n) is 6.17. The number of alkyl halides is 3. The number of nitrogens with one attached hydrogen (secondary N) is 2. The van der Waals surface area contributed by atoms with Gasteiger partial charge in [-0.15, -0.1) is 0 Å². The van der Waals surface area contributed by atoms with Crippen molar-refractivity contribution < 1.29 is 18.0 Å². The maximum atomic E-state index is 12.6. The third-order valence-electron chi connectivity index (χ3n) is 2.66. The predicted octanol–water partition coefficient (Wildman–Crippen LogP) is 3.88. The molecule has 1 aromatic heterocycles. The lowest BCUT2D eigenvalue weighted by atomic mass is 10.2. The number of anilines is 1. The molecule has 0 bridgehead atoms. The van der Waals surface area contributed by atoms with Crippen molar-refractivity contribution in [3.05, 3.63) is 58.9 Å². The molecule has 1 aromatic carbocycles. The van der Waals surface area contributed by atoms with E-state index in [0.717, 1.165) is 12.1 Å². The number of carbonyl (C=O) groups excluding carboxylic acids is 1. The highest BCUT2D eigenvalue weighted by Gasteiger charge is 2.30. The average molecular weight is 360 g/mol. The first-order chi connectivity index (χ1) is 10.8. The zero-order valence-corrected chi connectivity index (χ0v) is 12.9. The van der Waals surface area contributed by atoms with E-state index >= 15 is 0 Å². The molecule has 0 radical (unpaired) electrons. The molecule has 0 aliphatic heterocycles. The molecule has 23 heavy (non-hydrogen) atoms. The lowest BCUT2D eigenvalue weighted by Gasteiger charge is -2.12. The second kappa shape index (κ2) is 6.93. The molecule has 0 aliphatic rings. The number of hydrogen-bond acceptors (Lipinski definition) is 3. The van der Waals surface area contributed by atoms with Gasteiger partial charge in [-0.2, -0.15) is 13.2 Å². The predicted molar refractivity (Wildman–Crippen MR) is 84.4 cm³/mol. The average Bonchev–Trinajstić information content (AvgIpc) is 2.47. The fourth-order valence-electron chi connectivity index (χ4n) is 1.62. The van der Waals surface area contributed by atoms with E-state index < -0.39 is 17.6 Å². The van der Waals surface area contributed by atoms with Gasteiger partial charge in [0.2, 0.25) is 0 Å². The Labute approximate surface area is 139 Å². The number of pyridine rings is 1. The number of nitrogens with zero attached hydrogens (tertiary/aromatic N) is 1. The summed E-state index contributed by atoms with van der Waals surface area (Å²) in [5.41, 5.74) is -0.500. The fraction of sp³-hybridized carbons (Fsp3) is 0.0714. The highest BCUT2D eigenvalue weighted by molar-refractivity contribution is 7.80. The van der Waals surface area contributed by atoms with Gasteiger partial charge in [0.15, 0.2) is 5.11 Å². The topological polar surface area (TPSA) is 54.0 Å². The number of hydrogen-bond donors (Lipinski definition) is 2. The van der Waals surface area contributed by atoms with Crippen LogP contribution in [0.3, 0.4) is 0 Å². The molecule has 2 aromatic rings. The summed E-state index contributed by atoms with van der Waals surface area (Å²) in [4.78, 5) is 15.6. The van der Waals surface area contributed by atoms with Gasteiger partial charge in [-0.3, -0.25) is 10.1 Å². The second-order valence-electron chi connectivity index (χ2n) is 4.36. The van der Waals surface area contributed by atoms with Crippen LogP contribution < -0.4 is 10.6 Å². The van der Waals surface area contributed by atoms with Crippen molar-refractivity contribution in [1.29, 1.82) is 0 Å². The molecule has 1 heterocycles. The van der Waals surface area contributed by atoms with Crippen LogP contribution in [0.15, 0.2) is 42.6 Å². The van der Waals surface area contributed by atoms with Crippen molar-refractivity contribution >= 4 is 40.5 Å². The van der Waals surface area contributed by atoms with Crippen LogP contribution in [0.2, 0.25) is 5.15 Å². The smallest absolute Gasteiger partial charge is 0.332 e. The molecule has 2 N–H and O–H groups in total. The van der Waals surface area contributed by atoms with Gasteiger partial charge in [0, 0.05) is 11.9 Å². The first kappa shape index (κ1) is 17.2. The normalized spacial score (nSPS) is 11.0. The van der Waals surface area contributed by atoms with Gasteiger partial charge in [-0.1, -0.05) is 17.7 Å². The molecule has 0 saturated carbocycles. The van der Waals surface area contributed by atoms with Crippen molar-refractivity contribution in [3.8, 4) is 0 Å². The van der Waals surface area contributed by atoms with E-state index in [0.29, 0.717) is 0 Å². The van der Waals surface area contributed by atoms with Crippen molar-refractivity contribution in [3.63, 3.8) is 0 Å². The van der Waals surface area contributed by atoms with E-state index in [9.17, 15) is 18.0 Å². The maximum absolute atomic E-state index is 12.6. The van der Waals surface area contributed by atoms with Crippen LogP contribution in [0.1, 0.15) is 15.9 Å². The van der Waals surface area contributed by atoms with E-state index in [4.69, 9.17) is 23.8 Å². The number of thiocarbonyl (C=S) groups is 1. The highest BCUT2D eigenvalue weighted by Crippen LogP contribution is 2.30. The molecule has 1 amide bonds. The van der Waals surface area contributed by atoms with Gasteiger partial charge < -0.3 is 5.32 Å². The quantitative estimate of drug-likeness (QED) is 0.631. The third kappa shape index (κ3) is 4.90. The monoisotopic (exact) mass is 359 g/mol. The SMILES string of the molecule is O=C(NC(=S)Nc1cccc(C(F)(F)F)c1)c1ccc(Cl)nc1. The number of amides is 1. The number of aromatic nitrogens is 1. The summed E-state index contributed by atoms with van der Waals surface area (Å²) in [6.45, 7) is 0. The molecule has 0 aliphatic carbocycles. The van der Waals surface area contributed by atoms with Crippen molar-refractivity contribution in [2.45, 2.75) is 6.18 Å². The van der Waals surface area contributed by atoms with Gasteiger partial charge >= 0.3 is 6.18 Å². The minimum absolute atomic E-state index is 0.111. The van der Waals surface area contributed by atoms with Crippen LogP contribution in [-0.4, -0.2) is 16.0 Å². The summed E-state index contributed by atoms with van der Waals surface area (Å²) in [6, 6.07) is 7.34. The molecule has 120 valence electrons. The second-order valence-corrected chi connectivity index (χ2v) is 5.15. The van der Waals surface area contributed by atoms with E-state index in [1.54, 1.807) is 0 Å². The summed E-state index contributed by atoms with van der Waals surface area (Å²) >= 11 is 10.5. The van der Waals surface area contributed by atoms with E-state index in [1.807, 2.05) is 0 Å². The molecule has 9 heteroatoms. The van der Waals surface area contributed by atoms with Crippen molar-refractivity contribution in [2.24, 2.45) is 0 Å². The summed E-state index contributed by atoms with van der Waals surface area (Å²) in [5, 5.41) is 4.95. The molecular formula is C14H9ClF3N3OS. The van der Waals surface area contributed by atoms with Crippen molar-refractivity contribution in [1.82, 2.24) is 10.3 Å². The molecule has 0 atom stereocenters. The fourth-order valence-corrected chi connectivity index (χ4v) is 1.94. The Hall–Kier alpha value is -2.19. The summed E-state index contributed by atoms with van der Waals surface area (Å²) in [6.07, 6.45) is -3.21. The van der Waals surface area contributed by atoms with Gasteiger partial charge in [-0.25, -0.2) is 4.98 Å². The van der Waals surface area contributed by atoms with Crippen LogP contribution in [0.25, 0.3) is 0 Å². The number of rotatable bonds is 2. The van der Waals surface area contributed by atoms with Crippen LogP contribution in [-0.2, 0) is 6.18 Å². The van der Waals surface area contributed by atoms with E-state index in [1.165, 1.54) is 30.5 Å². The Kier molecular flexibility index (Phi) is 5.17. The van der Waals surface area contributed by atoms with Crippen LogP contribution in [0.4, 0.5) is 18.9 Å². The van der Waals surface area contributed by atoms with Crippen LogP contribution in [0, 0.1) is 0 Å². The largest absolute Gasteiger partial charge is 0.416 e. The minimum Gasteiger partial charge on any atom is -0.332 e. The summed E-state index contributed by atoms with van der Waals surface area (Å²) < 4.78 is 37.9. The first-order valence-corrected chi connectivity index (χ1v) is 6.95.